The van der Waals surface area contributed by atoms with Gasteiger partial charge in [-0.15, -0.1) is 0 Å². The molecular weight excluding hydrogens is 694 g/mol. The predicted octanol–water partition coefficient (Wildman–Crippen LogP) is 4.91. The molecule has 0 bridgehead atoms. The number of epoxide rings is 1. The van der Waals surface area contributed by atoms with Crippen LogP contribution in [0.2, 0.25) is 5.02 Å². The molecule has 0 spiro atoms. The summed E-state index contributed by atoms with van der Waals surface area (Å²) in [5.41, 5.74) is -1.16. The van der Waals surface area contributed by atoms with E-state index in [1.165, 1.54) is 13.8 Å². The second kappa shape index (κ2) is 21.0. The highest BCUT2D eigenvalue weighted by Gasteiger charge is 2.54. The zero-order valence-electron chi connectivity index (χ0n) is 31.5. The Labute approximate surface area is 312 Å². The van der Waals surface area contributed by atoms with Crippen molar-refractivity contribution in [2.75, 3.05) is 7.11 Å². The first-order chi connectivity index (χ1) is 24.4. The number of aliphatic hydroxyl groups excluding tert-OH is 1. The van der Waals surface area contributed by atoms with Crippen LogP contribution >= 0.6 is 11.6 Å². The van der Waals surface area contributed by atoms with Crippen LogP contribution in [0.3, 0.4) is 0 Å². The van der Waals surface area contributed by atoms with Gasteiger partial charge in [0, 0.05) is 37.4 Å². The van der Waals surface area contributed by atoms with Crippen LogP contribution in [0.5, 0.6) is 0 Å². The molecule has 292 valence electrons. The average Bonchev–Trinajstić information content (AvgIpc) is 3.85. The Kier molecular flexibility index (Phi) is 18.2. The van der Waals surface area contributed by atoms with Crippen LogP contribution in [-0.4, -0.2) is 99.8 Å². The van der Waals surface area contributed by atoms with Crippen LogP contribution in [0.1, 0.15) is 79.7 Å². The van der Waals surface area contributed by atoms with Crippen molar-refractivity contribution in [3.8, 4) is 0 Å². The number of ether oxygens (including phenoxy) is 4. The van der Waals surface area contributed by atoms with Crippen molar-refractivity contribution in [2.24, 2.45) is 11.8 Å². The number of esters is 2. The number of hydrogen-bond donors (Lipinski definition) is 5. The Morgan fingerprint density at radius 3 is 2.52 bits per heavy atom. The minimum absolute atomic E-state index is 0.0240. The molecule has 0 aromatic heterocycles. The lowest BCUT2D eigenvalue weighted by Gasteiger charge is -2.32. The van der Waals surface area contributed by atoms with Crippen LogP contribution in [0.15, 0.2) is 60.2 Å². The van der Waals surface area contributed by atoms with Crippen LogP contribution in [-0.2, 0) is 39.9 Å². The number of halogens is 1. The molecule has 2 heterocycles. The number of carbonyl (C=O) groups is 3. The molecule has 52 heavy (non-hydrogen) atoms. The zero-order chi connectivity index (χ0) is 39.2. The van der Waals surface area contributed by atoms with E-state index >= 15 is 0 Å². The monoisotopic (exact) mass is 751 g/mol. The van der Waals surface area contributed by atoms with E-state index in [0.29, 0.717) is 17.1 Å². The highest BCUT2D eigenvalue weighted by Crippen LogP contribution is 2.39. The van der Waals surface area contributed by atoms with Gasteiger partial charge in [-0.05, 0) is 69.4 Å². The molecule has 0 aliphatic carbocycles. The van der Waals surface area contributed by atoms with Gasteiger partial charge in [-0.2, -0.15) is 0 Å². The van der Waals surface area contributed by atoms with Crippen molar-refractivity contribution in [2.45, 2.75) is 135 Å². The molecular formula is C39H58ClNO11. The fourth-order valence-corrected chi connectivity index (χ4v) is 6.76. The minimum Gasteiger partial charge on any atom is -0.483 e. The molecule has 1 aromatic carbocycles. The van der Waals surface area contributed by atoms with E-state index in [0.717, 1.165) is 12.0 Å². The summed E-state index contributed by atoms with van der Waals surface area (Å²) in [5.74, 6) is -1.39. The number of rotatable bonds is 13. The third-order valence-electron chi connectivity index (χ3n) is 9.60. The molecule has 1 fully saturated rings. The fourth-order valence-electron chi connectivity index (χ4n) is 6.55. The van der Waals surface area contributed by atoms with Crippen LogP contribution < -0.4 is 5.32 Å². The smallest absolute Gasteiger partial charge is 0.309 e. The third kappa shape index (κ3) is 14.0. The summed E-state index contributed by atoms with van der Waals surface area (Å²) < 4.78 is 23.1. The first-order valence-corrected chi connectivity index (χ1v) is 18.1. The molecule has 0 amide bonds. The number of nitrogens with one attached hydrogen (secondary N) is 1. The summed E-state index contributed by atoms with van der Waals surface area (Å²) in [4.78, 5) is 33.0. The topological polar surface area (TPSA) is 184 Å². The van der Waals surface area contributed by atoms with E-state index in [4.69, 9.17) is 40.4 Å². The highest BCUT2D eigenvalue weighted by atomic mass is 35.5. The Hall–Kier alpha value is -3.10. The number of carbonyl (C=O) groups excluding carboxylic acids is 2. The van der Waals surface area contributed by atoms with Gasteiger partial charge in [-0.1, -0.05) is 68.8 Å². The molecule has 5 N–H and O–H groups in total. The fraction of sp³-hybridized carbons (Fsp3) is 0.615. The lowest BCUT2D eigenvalue weighted by Crippen LogP contribution is -2.52. The van der Waals surface area contributed by atoms with Gasteiger partial charge in [0.1, 0.15) is 23.9 Å². The summed E-state index contributed by atoms with van der Waals surface area (Å²) in [6.45, 7) is 12.6. The second-order valence-electron chi connectivity index (χ2n) is 14.1. The van der Waals surface area contributed by atoms with Gasteiger partial charge in [-0.25, -0.2) is 0 Å². The van der Waals surface area contributed by atoms with E-state index in [-0.39, 0.29) is 55.9 Å². The van der Waals surface area contributed by atoms with Crippen LogP contribution in [0, 0.1) is 11.8 Å². The predicted molar refractivity (Wildman–Crippen MR) is 197 cm³/mol. The van der Waals surface area contributed by atoms with Gasteiger partial charge in [0.25, 0.3) is 6.47 Å². The number of allylic oxidation sites excluding steroid dienone is 2. The van der Waals surface area contributed by atoms with E-state index in [1.807, 2.05) is 38.1 Å². The molecule has 2 unspecified atom stereocenters. The van der Waals surface area contributed by atoms with E-state index in [9.17, 15) is 24.9 Å². The van der Waals surface area contributed by atoms with Crippen LogP contribution in [0.4, 0.5) is 0 Å². The third-order valence-corrected chi connectivity index (χ3v) is 9.84. The average molecular weight is 752 g/mol. The summed E-state index contributed by atoms with van der Waals surface area (Å²) in [7, 11) is 1.70. The maximum absolute atomic E-state index is 12.9. The molecule has 11 atom stereocenters. The maximum Gasteiger partial charge on any atom is 0.309 e. The summed E-state index contributed by atoms with van der Waals surface area (Å²) in [5, 5.41) is 44.5. The van der Waals surface area contributed by atoms with Crippen molar-refractivity contribution in [1.82, 2.24) is 5.32 Å². The Morgan fingerprint density at radius 2 is 1.92 bits per heavy atom. The zero-order valence-corrected chi connectivity index (χ0v) is 32.3. The molecule has 1 aromatic rings. The number of hydrogen-bond acceptors (Lipinski definition) is 11. The van der Waals surface area contributed by atoms with Crippen LogP contribution in [0.25, 0.3) is 0 Å². The quantitative estimate of drug-likeness (QED) is 0.0604. The number of cyclic esters (lactones) is 1. The van der Waals surface area contributed by atoms with Gasteiger partial charge in [-0.3, -0.25) is 14.4 Å². The van der Waals surface area contributed by atoms with Gasteiger partial charge < -0.3 is 44.7 Å². The number of methoxy groups -OCH3 is 1. The molecule has 12 nitrogen and oxygen atoms in total. The maximum atomic E-state index is 12.9. The molecule has 1 saturated heterocycles. The van der Waals surface area contributed by atoms with E-state index < -0.39 is 47.5 Å². The Bertz CT molecular complexity index is 1390. The van der Waals surface area contributed by atoms with Gasteiger partial charge >= 0.3 is 11.9 Å². The molecule has 2 aliphatic rings. The van der Waals surface area contributed by atoms with Crippen molar-refractivity contribution in [3.05, 3.63) is 70.8 Å². The minimum atomic E-state index is -1.46. The van der Waals surface area contributed by atoms with Crippen molar-refractivity contribution in [3.63, 3.8) is 0 Å². The standard InChI is InChI=1S/C38H56ClNO9.CH2O2/c1-9-30(46-8)25(4)34-35(49-34)36(40-22-27-13-10-14-28(39)20-27)38(7,45)18-11-12-23(2)33-24(3)15-16-31(47-26(5)41)37(6,44)19-17-29(42)21-32(43)48-33;2-1-3/h10-16,18,20,24-25,29-31,33-36,40,42,44-45H,9,17,19,21-22H2,1-8H3;1H,(H,2,3)/b16-15+,18-11+,23-12+;/t24-,25+,29+,30-,31-,33-,34+,35-,36?,37+,38?;/m0./s1. The number of carboxylic acid groups (broad SMARTS) is 1. The number of aliphatic hydroxyl groups is 3. The van der Waals surface area contributed by atoms with Crippen molar-refractivity contribution >= 4 is 30.0 Å². The van der Waals surface area contributed by atoms with Gasteiger partial charge in [0.05, 0.1) is 36.4 Å². The first kappa shape index (κ1) is 45.1. The number of benzene rings is 1. The highest BCUT2D eigenvalue weighted by molar-refractivity contribution is 6.30. The van der Waals surface area contributed by atoms with Crippen molar-refractivity contribution < 1.29 is 53.8 Å². The summed E-state index contributed by atoms with van der Waals surface area (Å²) >= 11 is 6.22. The lowest BCUT2D eigenvalue weighted by atomic mass is 9.87. The summed E-state index contributed by atoms with van der Waals surface area (Å²) in [6.07, 6.45) is 6.28. The molecule has 3 rings (SSSR count). The molecule has 0 saturated carbocycles. The summed E-state index contributed by atoms with van der Waals surface area (Å²) in [6, 6.07) is 7.06. The normalized spacial score (nSPS) is 30.5. The second-order valence-corrected chi connectivity index (χ2v) is 14.6. The first-order valence-electron chi connectivity index (χ1n) is 17.7. The van der Waals surface area contributed by atoms with Crippen molar-refractivity contribution in [1.29, 1.82) is 0 Å². The molecule has 2 aliphatic heterocycles. The van der Waals surface area contributed by atoms with Gasteiger partial charge in [0.2, 0.25) is 0 Å². The Morgan fingerprint density at radius 1 is 1.25 bits per heavy atom. The lowest BCUT2D eigenvalue weighted by molar-refractivity contribution is -0.157. The molecule has 0 radical (unpaired) electrons. The largest absolute Gasteiger partial charge is 0.483 e. The SMILES string of the molecule is CC[C@H](OC)[C@@H](C)[C@H]1O[C@@H]1C(NCc1cccc(Cl)c1)C(C)(O)/C=C/C=C(\C)[C@@H]1OC(=O)C[C@H](O)CC[C@@](C)(O)[C@@H](OC(C)=O)/C=C/[C@@H]1C.O=CO. The van der Waals surface area contributed by atoms with Gasteiger partial charge in [0.15, 0.2) is 0 Å². The Balaban J connectivity index is 0.00000301. The van der Waals surface area contributed by atoms with E-state index in [2.05, 4.69) is 19.2 Å². The molecule has 13 heteroatoms. The van der Waals surface area contributed by atoms with E-state index in [1.54, 1.807) is 44.4 Å².